The molecule has 32 heavy (non-hydrogen) atoms. The quantitative estimate of drug-likeness (QED) is 0.304. The van der Waals surface area contributed by atoms with E-state index in [4.69, 9.17) is 11.6 Å². The first-order chi connectivity index (χ1) is 15.5. The van der Waals surface area contributed by atoms with Gasteiger partial charge >= 0.3 is 0 Å². The number of carbonyl (C=O) groups excluding carboxylic acids is 1. The van der Waals surface area contributed by atoms with Gasteiger partial charge in [0.25, 0.3) is 0 Å². The molecule has 0 aliphatic carbocycles. The number of hydrogen-bond acceptors (Lipinski definition) is 5. The lowest BCUT2D eigenvalue weighted by atomic mass is 10.2. The zero-order valence-corrected chi connectivity index (χ0v) is 19.6. The lowest BCUT2D eigenvalue weighted by Gasteiger charge is -2.16. The second-order valence-electron chi connectivity index (χ2n) is 7.13. The van der Waals surface area contributed by atoms with E-state index in [2.05, 4.69) is 10.2 Å². The van der Waals surface area contributed by atoms with Crippen molar-refractivity contribution in [2.75, 3.05) is 12.8 Å². The summed E-state index contributed by atoms with van der Waals surface area (Å²) in [4.78, 5) is 15.4. The van der Waals surface area contributed by atoms with Crippen LogP contribution >= 0.6 is 34.7 Å². The first-order valence-electron chi connectivity index (χ1n) is 9.83. The number of hydrogen-bond donors (Lipinski definition) is 0. The van der Waals surface area contributed by atoms with Crippen molar-refractivity contribution in [3.8, 4) is 11.4 Å². The normalized spacial score (nSPS) is 11.0. The molecule has 0 aliphatic heterocycles. The Bertz CT molecular complexity index is 1190. The van der Waals surface area contributed by atoms with Gasteiger partial charge < -0.3 is 4.90 Å². The Morgan fingerprint density at radius 1 is 1.09 bits per heavy atom. The number of benzene rings is 2. The van der Waals surface area contributed by atoms with E-state index in [0.29, 0.717) is 28.4 Å². The van der Waals surface area contributed by atoms with Gasteiger partial charge in [0.15, 0.2) is 11.0 Å². The van der Waals surface area contributed by atoms with Crippen LogP contribution in [0, 0.1) is 5.82 Å². The molecule has 0 spiro atoms. The Morgan fingerprint density at radius 3 is 2.53 bits per heavy atom. The smallest absolute Gasteiger partial charge is 0.233 e. The molecule has 0 radical (unpaired) electrons. The molecule has 5 nitrogen and oxygen atoms in total. The summed E-state index contributed by atoms with van der Waals surface area (Å²) in [5.41, 5.74) is 1.84. The highest BCUT2D eigenvalue weighted by molar-refractivity contribution is 7.99. The van der Waals surface area contributed by atoms with Gasteiger partial charge in [0.1, 0.15) is 5.82 Å². The van der Waals surface area contributed by atoms with E-state index in [1.54, 1.807) is 24.1 Å². The Hall–Kier alpha value is -2.68. The van der Waals surface area contributed by atoms with Crippen molar-refractivity contribution >= 4 is 40.6 Å². The molecule has 4 rings (SSSR count). The largest absolute Gasteiger partial charge is 0.340 e. The van der Waals surface area contributed by atoms with Crippen molar-refractivity contribution in [3.05, 3.63) is 87.3 Å². The van der Waals surface area contributed by atoms with Gasteiger partial charge in [0.05, 0.1) is 23.2 Å². The predicted octanol–water partition coefficient (Wildman–Crippen LogP) is 5.60. The number of amides is 1. The highest BCUT2D eigenvalue weighted by Gasteiger charge is 2.18. The molecule has 0 bridgehead atoms. The number of rotatable bonds is 8. The van der Waals surface area contributed by atoms with Gasteiger partial charge in [-0.1, -0.05) is 53.7 Å². The zero-order chi connectivity index (χ0) is 22.5. The van der Waals surface area contributed by atoms with Gasteiger partial charge in [0, 0.05) is 17.5 Å². The van der Waals surface area contributed by atoms with E-state index in [1.807, 2.05) is 47.0 Å². The number of thioether (sulfide) groups is 1. The summed E-state index contributed by atoms with van der Waals surface area (Å²) in [6.45, 7) is 1.05. The molecule has 0 aliphatic rings. The molecule has 4 aromatic rings. The third-order valence-electron chi connectivity index (χ3n) is 4.78. The number of aromatic nitrogens is 3. The molecule has 2 heterocycles. The number of nitrogens with zero attached hydrogens (tertiary/aromatic N) is 4. The van der Waals surface area contributed by atoms with Crippen LogP contribution in [0.4, 0.5) is 4.39 Å². The van der Waals surface area contributed by atoms with Crippen LogP contribution in [-0.4, -0.2) is 38.4 Å². The molecule has 0 atom stereocenters. The lowest BCUT2D eigenvalue weighted by molar-refractivity contribution is -0.127. The lowest BCUT2D eigenvalue weighted by Crippen LogP contribution is -2.27. The summed E-state index contributed by atoms with van der Waals surface area (Å²) in [7, 11) is 1.77. The molecule has 0 saturated heterocycles. The molecule has 9 heteroatoms. The number of thiophene rings is 1. The topological polar surface area (TPSA) is 51.0 Å². The average Bonchev–Trinajstić information content (AvgIpc) is 3.39. The van der Waals surface area contributed by atoms with Crippen molar-refractivity contribution in [2.45, 2.75) is 18.2 Å². The maximum Gasteiger partial charge on any atom is 0.233 e. The van der Waals surface area contributed by atoms with Crippen molar-refractivity contribution in [1.82, 2.24) is 19.7 Å². The SMILES string of the molecule is CN(Cc1ccc(Cl)s1)C(=O)CSc1nnc(-c2ccc(F)cc2)n1Cc1ccccc1. The molecule has 164 valence electrons. The maximum absolute atomic E-state index is 13.4. The molecular formula is C23H20ClFN4OS2. The van der Waals surface area contributed by atoms with Crippen LogP contribution < -0.4 is 0 Å². The van der Waals surface area contributed by atoms with Crippen LogP contribution in [0.1, 0.15) is 10.4 Å². The summed E-state index contributed by atoms with van der Waals surface area (Å²) in [5, 5.41) is 9.30. The molecule has 1 amide bonds. The highest BCUT2D eigenvalue weighted by Crippen LogP contribution is 2.26. The van der Waals surface area contributed by atoms with Crippen LogP contribution in [0.25, 0.3) is 11.4 Å². The van der Waals surface area contributed by atoms with Crippen LogP contribution in [0.2, 0.25) is 4.34 Å². The number of carbonyl (C=O) groups is 1. The second kappa shape index (κ2) is 10.3. The second-order valence-corrected chi connectivity index (χ2v) is 9.87. The summed E-state index contributed by atoms with van der Waals surface area (Å²) in [5.74, 6) is 0.534. The van der Waals surface area contributed by atoms with Crippen LogP contribution in [0.15, 0.2) is 71.9 Å². The zero-order valence-electron chi connectivity index (χ0n) is 17.2. The third-order valence-corrected chi connectivity index (χ3v) is 6.94. The van der Waals surface area contributed by atoms with E-state index < -0.39 is 0 Å². The first kappa shape index (κ1) is 22.5. The fraction of sp³-hybridized carbons (Fsp3) is 0.174. The van der Waals surface area contributed by atoms with Gasteiger partial charge in [0.2, 0.25) is 5.91 Å². The molecule has 0 saturated carbocycles. The minimum Gasteiger partial charge on any atom is -0.340 e. The number of halogens is 2. The Balaban J connectivity index is 1.52. The Labute approximate surface area is 198 Å². The summed E-state index contributed by atoms with van der Waals surface area (Å²) in [6, 6.07) is 19.9. The predicted molar refractivity (Wildman–Crippen MR) is 127 cm³/mol. The van der Waals surface area contributed by atoms with Crippen molar-refractivity contribution in [3.63, 3.8) is 0 Å². The van der Waals surface area contributed by atoms with Crippen LogP contribution in [0.5, 0.6) is 0 Å². The average molecular weight is 487 g/mol. The summed E-state index contributed by atoms with van der Waals surface area (Å²) in [6.07, 6.45) is 0. The Morgan fingerprint density at radius 2 is 1.84 bits per heavy atom. The molecule has 0 fully saturated rings. The minimum atomic E-state index is -0.307. The van der Waals surface area contributed by atoms with Crippen molar-refractivity contribution in [1.29, 1.82) is 0 Å². The first-order valence-corrected chi connectivity index (χ1v) is 12.0. The standard InChI is InChI=1S/C23H20ClFN4OS2/c1-28(14-19-11-12-20(24)32-19)21(30)15-31-23-27-26-22(17-7-9-18(25)10-8-17)29(23)13-16-5-3-2-4-6-16/h2-12H,13-15H2,1H3. The van der Waals surface area contributed by atoms with Crippen LogP contribution in [-0.2, 0) is 17.9 Å². The highest BCUT2D eigenvalue weighted by atomic mass is 35.5. The van der Waals surface area contributed by atoms with Crippen molar-refractivity contribution < 1.29 is 9.18 Å². The maximum atomic E-state index is 13.4. The Kier molecular flexibility index (Phi) is 7.24. The van der Waals surface area contributed by atoms with Crippen LogP contribution in [0.3, 0.4) is 0 Å². The third kappa shape index (κ3) is 5.56. The van der Waals surface area contributed by atoms with Gasteiger partial charge in [-0.25, -0.2) is 4.39 Å². The monoisotopic (exact) mass is 486 g/mol. The van der Waals surface area contributed by atoms with E-state index >= 15 is 0 Å². The molecule has 2 aromatic heterocycles. The van der Waals surface area contributed by atoms with E-state index in [9.17, 15) is 9.18 Å². The molecule has 2 aromatic carbocycles. The van der Waals surface area contributed by atoms with E-state index in [-0.39, 0.29) is 17.5 Å². The van der Waals surface area contributed by atoms with Gasteiger partial charge in [-0.3, -0.25) is 9.36 Å². The minimum absolute atomic E-state index is 0.0166. The summed E-state index contributed by atoms with van der Waals surface area (Å²) < 4.78 is 16.1. The van der Waals surface area contributed by atoms with Crippen molar-refractivity contribution in [2.24, 2.45) is 0 Å². The van der Waals surface area contributed by atoms with E-state index in [0.717, 1.165) is 16.0 Å². The fourth-order valence-corrected chi connectivity index (χ4v) is 5.13. The van der Waals surface area contributed by atoms with Gasteiger partial charge in [-0.05, 0) is 42.0 Å². The van der Waals surface area contributed by atoms with E-state index in [1.165, 1.54) is 35.2 Å². The van der Waals surface area contributed by atoms with Gasteiger partial charge in [-0.2, -0.15) is 0 Å². The molecule has 0 N–H and O–H groups in total. The fourth-order valence-electron chi connectivity index (χ4n) is 3.11. The molecule has 0 unspecified atom stereocenters. The van der Waals surface area contributed by atoms with Gasteiger partial charge in [-0.15, -0.1) is 21.5 Å². The molecular weight excluding hydrogens is 467 g/mol. The summed E-state index contributed by atoms with van der Waals surface area (Å²) >= 11 is 8.79.